The molecule has 0 saturated heterocycles. The number of halogens is 3. The monoisotopic (exact) mass is 280 g/mol. The molecule has 5 heteroatoms. The zero-order valence-corrected chi connectivity index (χ0v) is 10.5. The highest BCUT2D eigenvalue weighted by molar-refractivity contribution is 6.30. The van der Waals surface area contributed by atoms with Gasteiger partial charge in [-0.15, -0.1) is 0 Å². The van der Waals surface area contributed by atoms with E-state index in [1.807, 2.05) is 0 Å². The van der Waals surface area contributed by atoms with Crippen LogP contribution in [0.2, 0.25) is 5.02 Å². The Morgan fingerprint density at radius 1 is 1.11 bits per heavy atom. The van der Waals surface area contributed by atoms with Gasteiger partial charge in [-0.05, 0) is 30.3 Å². The molecule has 2 nitrogen and oxygen atoms in total. The summed E-state index contributed by atoms with van der Waals surface area (Å²) in [5, 5.41) is 4.16. The topological polar surface area (TPSA) is 21.6 Å². The van der Waals surface area contributed by atoms with Crippen molar-refractivity contribution in [1.29, 1.82) is 0 Å². The van der Waals surface area contributed by atoms with Crippen molar-refractivity contribution in [3.63, 3.8) is 0 Å². The molecular weight excluding hydrogens is 272 g/mol. The third-order valence-corrected chi connectivity index (χ3v) is 2.56. The number of hydrogen-bond donors (Lipinski definition) is 0. The van der Waals surface area contributed by atoms with E-state index in [1.165, 1.54) is 0 Å². The van der Waals surface area contributed by atoms with E-state index in [0.29, 0.717) is 10.6 Å². The molecule has 0 amide bonds. The second-order valence-corrected chi connectivity index (χ2v) is 4.16. The summed E-state index contributed by atoms with van der Waals surface area (Å²) in [5.41, 5.74) is 0.769. The van der Waals surface area contributed by atoms with Crippen LogP contribution in [0, 0.1) is 11.6 Å². The van der Waals surface area contributed by atoms with Crippen LogP contribution in [-0.4, -0.2) is 6.21 Å². The van der Waals surface area contributed by atoms with E-state index in [2.05, 4.69) is 11.4 Å². The molecule has 2 aromatic carbocycles. The lowest BCUT2D eigenvalue weighted by Gasteiger charge is -2.01. The Morgan fingerprint density at radius 3 is 2.58 bits per heavy atom. The van der Waals surface area contributed by atoms with Gasteiger partial charge in [0.1, 0.15) is 24.5 Å². The molecule has 0 N–H and O–H groups in total. The molecule has 1 radical (unpaired) electrons. The maximum absolute atomic E-state index is 13.2. The molecule has 0 spiro atoms. The van der Waals surface area contributed by atoms with E-state index in [4.69, 9.17) is 16.4 Å². The van der Waals surface area contributed by atoms with Crippen LogP contribution >= 0.6 is 11.6 Å². The minimum Gasteiger partial charge on any atom is -0.390 e. The smallest absolute Gasteiger partial charge is 0.145 e. The van der Waals surface area contributed by atoms with Crippen LogP contribution in [0.3, 0.4) is 0 Å². The zero-order chi connectivity index (χ0) is 13.7. The zero-order valence-electron chi connectivity index (χ0n) is 9.74. The molecule has 97 valence electrons. The molecule has 0 heterocycles. The van der Waals surface area contributed by atoms with Gasteiger partial charge < -0.3 is 4.84 Å². The number of benzene rings is 2. The van der Waals surface area contributed by atoms with E-state index in [9.17, 15) is 8.78 Å². The van der Waals surface area contributed by atoms with Crippen LogP contribution in [-0.2, 0) is 11.4 Å². The van der Waals surface area contributed by atoms with E-state index >= 15 is 0 Å². The minimum absolute atomic E-state index is 0.0988. The SMILES string of the molecule is Fc1ccc(F)c(CO/N=[C]\c2ccc(Cl)cc2)c1. The minimum atomic E-state index is -0.539. The summed E-state index contributed by atoms with van der Waals surface area (Å²) in [7, 11) is 0. The summed E-state index contributed by atoms with van der Waals surface area (Å²) in [6.07, 6.45) is 2.60. The maximum Gasteiger partial charge on any atom is 0.145 e. The van der Waals surface area contributed by atoms with Gasteiger partial charge in [-0.1, -0.05) is 28.9 Å². The van der Waals surface area contributed by atoms with Crippen molar-refractivity contribution >= 4 is 17.8 Å². The first-order chi connectivity index (χ1) is 9.15. The number of hydrogen-bond acceptors (Lipinski definition) is 2. The molecule has 2 aromatic rings. The first-order valence-electron chi connectivity index (χ1n) is 5.42. The second kappa shape index (κ2) is 6.29. The first-order valence-corrected chi connectivity index (χ1v) is 5.80. The van der Waals surface area contributed by atoms with Gasteiger partial charge >= 0.3 is 0 Å². The van der Waals surface area contributed by atoms with Crippen LogP contribution in [0.25, 0.3) is 0 Å². The summed E-state index contributed by atoms with van der Waals surface area (Å²) in [6, 6.07) is 9.93. The highest BCUT2D eigenvalue weighted by Crippen LogP contribution is 2.11. The Labute approximate surface area is 114 Å². The number of rotatable bonds is 4. The molecule has 0 aromatic heterocycles. The van der Waals surface area contributed by atoms with Gasteiger partial charge in [0.15, 0.2) is 0 Å². The molecular formula is C14H9ClF2NO. The van der Waals surface area contributed by atoms with Crippen molar-refractivity contribution in [3.05, 3.63) is 70.2 Å². The van der Waals surface area contributed by atoms with Crippen LogP contribution in [0.5, 0.6) is 0 Å². The lowest BCUT2D eigenvalue weighted by Crippen LogP contribution is -1.93. The summed E-state index contributed by atoms with van der Waals surface area (Å²) in [5.74, 6) is -1.06. The van der Waals surface area contributed by atoms with Gasteiger partial charge in [0, 0.05) is 16.1 Å². The standard InChI is InChI=1S/C14H9ClF2NO/c15-12-3-1-10(2-4-12)8-18-19-9-11-7-13(16)5-6-14(11)17/h1-7H,9H2. The molecule has 0 atom stereocenters. The van der Waals surface area contributed by atoms with Crippen LogP contribution in [0.4, 0.5) is 8.78 Å². The first kappa shape index (κ1) is 13.5. The Morgan fingerprint density at radius 2 is 1.84 bits per heavy atom. The molecule has 0 unspecified atom stereocenters. The highest BCUT2D eigenvalue weighted by Gasteiger charge is 2.03. The van der Waals surface area contributed by atoms with Crippen LogP contribution in [0.1, 0.15) is 11.1 Å². The summed E-state index contributed by atoms with van der Waals surface area (Å²) in [6.45, 7) is -0.163. The molecule has 19 heavy (non-hydrogen) atoms. The summed E-state index contributed by atoms with van der Waals surface area (Å²) < 4.78 is 26.1. The Hall–Kier alpha value is -1.94. The van der Waals surface area contributed by atoms with Gasteiger partial charge in [-0.25, -0.2) is 8.78 Å². The highest BCUT2D eigenvalue weighted by atomic mass is 35.5. The van der Waals surface area contributed by atoms with Crippen LogP contribution < -0.4 is 0 Å². The summed E-state index contributed by atoms with van der Waals surface area (Å²) in [4.78, 5) is 4.86. The van der Waals surface area contributed by atoms with Gasteiger partial charge in [0.25, 0.3) is 0 Å². The maximum atomic E-state index is 13.2. The fourth-order valence-corrected chi connectivity index (χ4v) is 1.49. The quantitative estimate of drug-likeness (QED) is 0.612. The molecule has 0 aliphatic rings. The van der Waals surface area contributed by atoms with Crippen molar-refractivity contribution in [2.75, 3.05) is 0 Å². The lowest BCUT2D eigenvalue weighted by molar-refractivity contribution is 0.129. The van der Waals surface area contributed by atoms with Crippen molar-refractivity contribution in [3.8, 4) is 0 Å². The fraction of sp³-hybridized carbons (Fsp3) is 0.0714. The normalized spacial score (nSPS) is 10.9. The van der Waals surface area contributed by atoms with Gasteiger partial charge in [-0.2, -0.15) is 0 Å². The second-order valence-electron chi connectivity index (χ2n) is 3.72. The van der Waals surface area contributed by atoms with Crippen LogP contribution in [0.15, 0.2) is 47.6 Å². The molecule has 2 rings (SSSR count). The Kier molecular flexibility index (Phi) is 4.47. The molecule has 0 aliphatic heterocycles. The molecule has 0 fully saturated rings. The van der Waals surface area contributed by atoms with E-state index in [1.54, 1.807) is 24.3 Å². The van der Waals surface area contributed by atoms with E-state index < -0.39 is 11.6 Å². The van der Waals surface area contributed by atoms with Crippen molar-refractivity contribution in [2.24, 2.45) is 5.16 Å². The Balaban J connectivity index is 1.92. The Bertz CT molecular complexity index is 584. The third kappa shape index (κ3) is 4.03. The average molecular weight is 281 g/mol. The largest absolute Gasteiger partial charge is 0.390 e. The molecule has 0 bridgehead atoms. The van der Waals surface area contributed by atoms with Crippen molar-refractivity contribution in [2.45, 2.75) is 6.61 Å². The predicted molar refractivity (Wildman–Crippen MR) is 69.1 cm³/mol. The van der Waals surface area contributed by atoms with E-state index in [0.717, 1.165) is 18.2 Å². The fourth-order valence-electron chi connectivity index (χ4n) is 1.37. The number of nitrogens with zero attached hydrogens (tertiary/aromatic N) is 1. The molecule has 0 saturated carbocycles. The van der Waals surface area contributed by atoms with E-state index in [-0.39, 0.29) is 12.2 Å². The van der Waals surface area contributed by atoms with Gasteiger partial charge in [-0.3, -0.25) is 0 Å². The van der Waals surface area contributed by atoms with Gasteiger partial charge in [0.05, 0.1) is 0 Å². The predicted octanol–water partition coefficient (Wildman–Crippen LogP) is 4.05. The summed E-state index contributed by atoms with van der Waals surface area (Å²) >= 11 is 5.72. The average Bonchev–Trinajstić information content (AvgIpc) is 2.40. The van der Waals surface area contributed by atoms with Crippen molar-refractivity contribution < 1.29 is 13.6 Å². The van der Waals surface area contributed by atoms with Crippen molar-refractivity contribution in [1.82, 2.24) is 0 Å². The molecule has 0 aliphatic carbocycles. The lowest BCUT2D eigenvalue weighted by atomic mass is 10.2. The third-order valence-electron chi connectivity index (χ3n) is 2.31. The van der Waals surface area contributed by atoms with Gasteiger partial charge in [0.2, 0.25) is 0 Å².